The SMILES string of the molecule is CCCCn1c(N)c(N(CCC)C(=O)CCCOc2ccc(C(C)(C)C)cc2)c(=O)[nH]c1=O. The van der Waals surface area contributed by atoms with Gasteiger partial charge in [0.1, 0.15) is 11.6 Å². The summed E-state index contributed by atoms with van der Waals surface area (Å²) in [7, 11) is 0. The summed E-state index contributed by atoms with van der Waals surface area (Å²) in [4.78, 5) is 41.4. The van der Waals surface area contributed by atoms with E-state index < -0.39 is 11.2 Å². The number of aromatic nitrogens is 2. The summed E-state index contributed by atoms with van der Waals surface area (Å²) < 4.78 is 7.12. The first-order valence-corrected chi connectivity index (χ1v) is 11.8. The lowest BCUT2D eigenvalue weighted by Crippen LogP contribution is -2.41. The van der Waals surface area contributed by atoms with Crippen molar-refractivity contribution in [3.63, 3.8) is 0 Å². The van der Waals surface area contributed by atoms with Gasteiger partial charge in [-0.2, -0.15) is 0 Å². The molecule has 33 heavy (non-hydrogen) atoms. The monoisotopic (exact) mass is 458 g/mol. The number of hydrogen-bond donors (Lipinski definition) is 2. The van der Waals surface area contributed by atoms with Crippen molar-refractivity contribution in [3.8, 4) is 5.75 Å². The first-order valence-electron chi connectivity index (χ1n) is 11.8. The van der Waals surface area contributed by atoms with E-state index in [9.17, 15) is 14.4 Å². The number of nitrogen functional groups attached to an aromatic ring is 1. The number of carbonyl (C=O) groups excluding carboxylic acids is 1. The molecule has 3 N–H and O–H groups in total. The molecule has 1 heterocycles. The maximum atomic E-state index is 13.0. The van der Waals surface area contributed by atoms with Gasteiger partial charge in [0.25, 0.3) is 5.56 Å². The Balaban J connectivity index is 2.07. The minimum atomic E-state index is -0.637. The van der Waals surface area contributed by atoms with Crippen LogP contribution in [0, 0.1) is 0 Å². The van der Waals surface area contributed by atoms with E-state index in [4.69, 9.17) is 10.5 Å². The number of benzene rings is 1. The van der Waals surface area contributed by atoms with E-state index in [1.54, 1.807) is 0 Å². The highest BCUT2D eigenvalue weighted by atomic mass is 16.5. The molecule has 0 bridgehead atoms. The lowest BCUT2D eigenvalue weighted by atomic mass is 9.87. The Morgan fingerprint density at radius 1 is 1.09 bits per heavy atom. The third-order valence-corrected chi connectivity index (χ3v) is 5.49. The van der Waals surface area contributed by atoms with Crippen LogP contribution < -0.4 is 26.6 Å². The molecule has 182 valence electrons. The number of unbranched alkanes of at least 4 members (excludes halogenated alkanes) is 1. The zero-order valence-electron chi connectivity index (χ0n) is 20.6. The van der Waals surface area contributed by atoms with Crippen molar-refractivity contribution in [3.05, 3.63) is 50.7 Å². The van der Waals surface area contributed by atoms with Crippen molar-refractivity contribution < 1.29 is 9.53 Å². The van der Waals surface area contributed by atoms with Crippen LogP contribution in [0.2, 0.25) is 0 Å². The minimum Gasteiger partial charge on any atom is -0.494 e. The van der Waals surface area contributed by atoms with E-state index in [1.807, 2.05) is 38.1 Å². The third kappa shape index (κ3) is 6.97. The highest BCUT2D eigenvalue weighted by Gasteiger charge is 2.23. The summed E-state index contributed by atoms with van der Waals surface area (Å²) >= 11 is 0. The molecule has 8 nitrogen and oxygen atoms in total. The van der Waals surface area contributed by atoms with Gasteiger partial charge in [-0.15, -0.1) is 0 Å². The summed E-state index contributed by atoms with van der Waals surface area (Å²) in [5.41, 5.74) is 6.36. The molecule has 1 aromatic heterocycles. The van der Waals surface area contributed by atoms with Crippen molar-refractivity contribution >= 4 is 17.4 Å². The smallest absolute Gasteiger partial charge is 0.330 e. The predicted octanol–water partition coefficient (Wildman–Crippen LogP) is 3.82. The van der Waals surface area contributed by atoms with Crippen LogP contribution in [-0.4, -0.2) is 28.6 Å². The Bertz CT molecular complexity index is 1030. The van der Waals surface area contributed by atoms with Crippen LogP contribution in [0.5, 0.6) is 5.75 Å². The Hall–Kier alpha value is -3.03. The largest absolute Gasteiger partial charge is 0.494 e. The molecule has 0 saturated heterocycles. The molecule has 1 amide bonds. The Morgan fingerprint density at radius 2 is 1.76 bits per heavy atom. The van der Waals surface area contributed by atoms with Gasteiger partial charge in [0.2, 0.25) is 5.91 Å². The fourth-order valence-corrected chi connectivity index (χ4v) is 3.56. The quantitative estimate of drug-likeness (QED) is 0.497. The van der Waals surface area contributed by atoms with Gasteiger partial charge in [-0.05, 0) is 42.4 Å². The summed E-state index contributed by atoms with van der Waals surface area (Å²) in [6.07, 6.45) is 2.96. The van der Waals surface area contributed by atoms with Gasteiger partial charge in [0.15, 0.2) is 5.69 Å². The van der Waals surface area contributed by atoms with E-state index in [-0.39, 0.29) is 29.2 Å². The van der Waals surface area contributed by atoms with E-state index in [0.717, 1.165) is 18.6 Å². The first kappa shape index (κ1) is 26.2. The number of anilines is 2. The number of ether oxygens (including phenoxy) is 1. The van der Waals surface area contributed by atoms with Gasteiger partial charge in [0, 0.05) is 19.5 Å². The predicted molar refractivity (Wildman–Crippen MR) is 133 cm³/mol. The standard InChI is InChI=1S/C25H38N4O4/c1-6-8-16-29-22(26)21(23(31)27-24(29)32)28(15-7-2)20(30)10-9-17-33-19-13-11-18(12-14-19)25(3,4)5/h11-14H,6-10,15-17,26H2,1-5H3,(H,27,31,32). The van der Waals surface area contributed by atoms with Crippen LogP contribution in [0.1, 0.15) is 72.3 Å². The van der Waals surface area contributed by atoms with Gasteiger partial charge in [0.05, 0.1) is 6.61 Å². The molecule has 0 aliphatic carbocycles. The van der Waals surface area contributed by atoms with Crippen LogP contribution in [0.15, 0.2) is 33.9 Å². The molecule has 0 radical (unpaired) electrons. The molecule has 0 unspecified atom stereocenters. The van der Waals surface area contributed by atoms with E-state index in [2.05, 4.69) is 25.8 Å². The van der Waals surface area contributed by atoms with Gasteiger partial charge in [-0.3, -0.25) is 19.1 Å². The van der Waals surface area contributed by atoms with E-state index >= 15 is 0 Å². The fourth-order valence-electron chi connectivity index (χ4n) is 3.56. The van der Waals surface area contributed by atoms with Crippen molar-refractivity contribution in [2.75, 3.05) is 23.8 Å². The topological polar surface area (TPSA) is 110 Å². The normalized spacial score (nSPS) is 11.4. The second-order valence-corrected chi connectivity index (χ2v) is 9.27. The van der Waals surface area contributed by atoms with Crippen LogP contribution >= 0.6 is 0 Å². The number of aromatic amines is 1. The number of nitrogens with zero attached hydrogens (tertiary/aromatic N) is 2. The van der Waals surface area contributed by atoms with Crippen LogP contribution in [0.4, 0.5) is 11.5 Å². The number of amides is 1. The van der Waals surface area contributed by atoms with Gasteiger partial charge in [-0.1, -0.05) is 53.2 Å². The van der Waals surface area contributed by atoms with Crippen molar-refractivity contribution in [2.24, 2.45) is 0 Å². The molecule has 0 fully saturated rings. The summed E-state index contributed by atoms with van der Waals surface area (Å²) in [6, 6.07) is 7.97. The highest BCUT2D eigenvalue weighted by Crippen LogP contribution is 2.24. The van der Waals surface area contributed by atoms with Crippen LogP contribution in [0.3, 0.4) is 0 Å². The number of nitrogens with one attached hydrogen (secondary N) is 1. The maximum absolute atomic E-state index is 13.0. The zero-order valence-corrected chi connectivity index (χ0v) is 20.6. The lowest BCUT2D eigenvalue weighted by molar-refractivity contribution is -0.118. The minimum absolute atomic E-state index is 0.0363. The Kier molecular flexibility index (Phi) is 9.32. The average Bonchev–Trinajstić information content (AvgIpc) is 2.75. The summed E-state index contributed by atoms with van der Waals surface area (Å²) in [5, 5.41) is 0. The zero-order chi connectivity index (χ0) is 24.6. The summed E-state index contributed by atoms with van der Waals surface area (Å²) in [5.74, 6) is 0.570. The number of H-pyrrole nitrogens is 1. The molecule has 1 aromatic carbocycles. The number of nitrogens with two attached hydrogens (primary N) is 1. The van der Waals surface area contributed by atoms with Crippen molar-refractivity contribution in [1.29, 1.82) is 0 Å². The number of carbonyl (C=O) groups is 1. The number of rotatable bonds is 11. The number of hydrogen-bond acceptors (Lipinski definition) is 5. The Labute approximate surface area is 195 Å². The van der Waals surface area contributed by atoms with Gasteiger partial charge < -0.3 is 15.4 Å². The second kappa shape index (κ2) is 11.7. The van der Waals surface area contributed by atoms with Gasteiger partial charge in [-0.25, -0.2) is 4.79 Å². The van der Waals surface area contributed by atoms with Crippen molar-refractivity contribution in [1.82, 2.24) is 9.55 Å². The Morgan fingerprint density at radius 3 is 2.33 bits per heavy atom. The van der Waals surface area contributed by atoms with Crippen LogP contribution in [0.25, 0.3) is 0 Å². The average molecular weight is 459 g/mol. The molecular weight excluding hydrogens is 420 g/mol. The molecule has 0 spiro atoms. The highest BCUT2D eigenvalue weighted by molar-refractivity contribution is 5.95. The molecule has 2 aromatic rings. The second-order valence-electron chi connectivity index (χ2n) is 9.27. The van der Waals surface area contributed by atoms with E-state index in [0.29, 0.717) is 32.5 Å². The molecule has 8 heteroatoms. The fraction of sp³-hybridized carbons (Fsp3) is 0.560. The lowest BCUT2D eigenvalue weighted by Gasteiger charge is -2.24. The van der Waals surface area contributed by atoms with Gasteiger partial charge >= 0.3 is 5.69 Å². The maximum Gasteiger partial charge on any atom is 0.330 e. The molecule has 0 aliphatic rings. The van der Waals surface area contributed by atoms with E-state index in [1.165, 1.54) is 15.0 Å². The molecule has 0 atom stereocenters. The van der Waals surface area contributed by atoms with Crippen LogP contribution in [-0.2, 0) is 16.8 Å². The molecule has 0 saturated carbocycles. The molecular formula is C25H38N4O4. The molecule has 2 rings (SSSR count). The third-order valence-electron chi connectivity index (χ3n) is 5.49. The first-order chi connectivity index (χ1) is 15.6. The van der Waals surface area contributed by atoms with Crippen molar-refractivity contribution in [2.45, 2.75) is 78.7 Å². The molecule has 0 aliphatic heterocycles. The summed E-state index contributed by atoms with van der Waals surface area (Å²) in [6.45, 7) is 11.5.